The molecule has 156 valence electrons. The second kappa shape index (κ2) is 8.10. The minimum atomic E-state index is -2.95. The van der Waals surface area contributed by atoms with Gasteiger partial charge in [0.2, 0.25) is 0 Å². The summed E-state index contributed by atoms with van der Waals surface area (Å²) in [6.07, 6.45) is 5.33. The average Bonchev–Trinajstić information content (AvgIpc) is 2.69. The molecule has 1 aromatic heterocycles. The molecule has 6 nitrogen and oxygen atoms in total. The number of anilines is 1. The van der Waals surface area contributed by atoms with Crippen LogP contribution in [0.1, 0.15) is 43.2 Å². The van der Waals surface area contributed by atoms with E-state index in [1.165, 1.54) is 12.1 Å². The minimum absolute atomic E-state index is 0.0570. The Labute approximate surface area is 168 Å². The van der Waals surface area contributed by atoms with Gasteiger partial charge < -0.3 is 19.8 Å². The van der Waals surface area contributed by atoms with Crippen LogP contribution in [-0.4, -0.2) is 45.7 Å². The summed E-state index contributed by atoms with van der Waals surface area (Å²) in [6.45, 7) is -0.175. The lowest BCUT2D eigenvalue weighted by Gasteiger charge is -2.41. The third-order valence-corrected chi connectivity index (χ3v) is 5.96. The molecule has 0 saturated heterocycles. The number of phenols is 1. The number of alkyl halides is 2. The first-order valence-electron chi connectivity index (χ1n) is 10.0. The summed E-state index contributed by atoms with van der Waals surface area (Å²) in [5.74, 6) is 0.513. The Bertz CT molecular complexity index is 894. The Kier molecular flexibility index (Phi) is 5.54. The van der Waals surface area contributed by atoms with Crippen molar-refractivity contribution in [2.45, 2.75) is 64.2 Å². The second-order valence-corrected chi connectivity index (χ2v) is 7.75. The SMILES string of the molecule is Cc1c(-c2ccc(OC(F)F)cc2O)nnc2c1CCCN2[C@@H]1CCCC[C@H]1O. The van der Waals surface area contributed by atoms with E-state index in [1.807, 2.05) is 6.92 Å². The van der Waals surface area contributed by atoms with Crippen molar-refractivity contribution in [3.05, 3.63) is 29.3 Å². The van der Waals surface area contributed by atoms with Gasteiger partial charge in [-0.25, -0.2) is 0 Å². The highest BCUT2D eigenvalue weighted by Gasteiger charge is 2.33. The molecule has 1 aromatic carbocycles. The van der Waals surface area contributed by atoms with E-state index in [0.29, 0.717) is 11.3 Å². The zero-order valence-electron chi connectivity index (χ0n) is 16.3. The molecule has 1 saturated carbocycles. The van der Waals surface area contributed by atoms with E-state index in [4.69, 9.17) is 0 Å². The Balaban J connectivity index is 1.68. The summed E-state index contributed by atoms with van der Waals surface area (Å²) in [5, 5.41) is 29.6. The number of aliphatic hydroxyl groups is 1. The molecule has 2 N–H and O–H groups in total. The Morgan fingerprint density at radius 3 is 2.69 bits per heavy atom. The molecule has 1 aliphatic heterocycles. The molecular formula is C21H25F2N3O3. The first-order chi connectivity index (χ1) is 14.0. The van der Waals surface area contributed by atoms with Gasteiger partial charge in [0.1, 0.15) is 11.5 Å². The molecule has 0 bridgehead atoms. The molecule has 2 aromatic rings. The molecule has 29 heavy (non-hydrogen) atoms. The van der Waals surface area contributed by atoms with Crippen LogP contribution in [0.5, 0.6) is 11.5 Å². The predicted molar refractivity (Wildman–Crippen MR) is 104 cm³/mol. The first kappa shape index (κ1) is 19.8. The molecule has 1 aliphatic carbocycles. The lowest BCUT2D eigenvalue weighted by atomic mass is 9.89. The lowest BCUT2D eigenvalue weighted by Crippen LogP contribution is -2.48. The van der Waals surface area contributed by atoms with Gasteiger partial charge in [0.15, 0.2) is 5.82 Å². The molecule has 0 unspecified atom stereocenters. The van der Waals surface area contributed by atoms with E-state index in [1.54, 1.807) is 0 Å². The van der Waals surface area contributed by atoms with E-state index in [0.717, 1.165) is 68.1 Å². The van der Waals surface area contributed by atoms with Crippen LogP contribution in [0.4, 0.5) is 14.6 Å². The third-order valence-electron chi connectivity index (χ3n) is 5.96. The van der Waals surface area contributed by atoms with Crippen LogP contribution in [0.15, 0.2) is 18.2 Å². The Hall–Kier alpha value is -2.48. The van der Waals surface area contributed by atoms with Gasteiger partial charge in [-0.05, 0) is 50.3 Å². The zero-order chi connectivity index (χ0) is 20.5. The number of rotatable bonds is 4. The van der Waals surface area contributed by atoms with Gasteiger partial charge in [-0.15, -0.1) is 10.2 Å². The summed E-state index contributed by atoms with van der Waals surface area (Å²) >= 11 is 0. The molecule has 1 fully saturated rings. The number of ether oxygens (including phenoxy) is 1. The van der Waals surface area contributed by atoms with Gasteiger partial charge in [0.25, 0.3) is 0 Å². The number of halogens is 2. The Morgan fingerprint density at radius 2 is 1.97 bits per heavy atom. The smallest absolute Gasteiger partial charge is 0.387 e. The number of nitrogens with zero attached hydrogens (tertiary/aromatic N) is 3. The van der Waals surface area contributed by atoms with Crippen LogP contribution in [0.3, 0.4) is 0 Å². The van der Waals surface area contributed by atoms with Crippen molar-refractivity contribution in [2.24, 2.45) is 0 Å². The summed E-state index contributed by atoms with van der Waals surface area (Å²) in [4.78, 5) is 2.19. The normalized spacial score (nSPS) is 21.9. The summed E-state index contributed by atoms with van der Waals surface area (Å²) < 4.78 is 29.1. The monoisotopic (exact) mass is 405 g/mol. The minimum Gasteiger partial charge on any atom is -0.507 e. The Morgan fingerprint density at radius 1 is 1.17 bits per heavy atom. The van der Waals surface area contributed by atoms with Gasteiger partial charge in [0.05, 0.1) is 17.8 Å². The van der Waals surface area contributed by atoms with Crippen LogP contribution in [0.2, 0.25) is 0 Å². The predicted octanol–water partition coefficient (Wildman–Crippen LogP) is 3.82. The fraction of sp³-hybridized carbons (Fsp3) is 0.524. The summed E-state index contributed by atoms with van der Waals surface area (Å²) in [5.41, 5.74) is 2.92. The molecule has 0 amide bonds. The van der Waals surface area contributed by atoms with Crippen molar-refractivity contribution < 1.29 is 23.7 Å². The number of hydrogen-bond donors (Lipinski definition) is 2. The van der Waals surface area contributed by atoms with Crippen LogP contribution in [-0.2, 0) is 6.42 Å². The average molecular weight is 405 g/mol. The standard InChI is InChI=1S/C21H25F2N3O3/c1-12-14-5-4-10-26(16-6-2-3-7-17(16)27)20(14)25-24-19(12)15-9-8-13(11-18(15)28)29-21(22)23/h8-9,11,16-17,21,27-28H,2-7,10H2,1H3/t16-,17-/m1/s1. The van der Waals surface area contributed by atoms with E-state index in [-0.39, 0.29) is 23.6 Å². The number of aliphatic hydroxyl groups excluding tert-OH is 1. The second-order valence-electron chi connectivity index (χ2n) is 7.75. The van der Waals surface area contributed by atoms with E-state index < -0.39 is 6.61 Å². The highest BCUT2D eigenvalue weighted by atomic mass is 19.3. The van der Waals surface area contributed by atoms with E-state index >= 15 is 0 Å². The number of hydrogen-bond acceptors (Lipinski definition) is 6. The first-order valence-corrected chi connectivity index (χ1v) is 10.0. The molecule has 4 rings (SSSR count). The molecule has 0 radical (unpaired) electrons. The largest absolute Gasteiger partial charge is 0.507 e. The van der Waals surface area contributed by atoms with Crippen LogP contribution >= 0.6 is 0 Å². The summed E-state index contributed by atoms with van der Waals surface area (Å²) in [7, 11) is 0. The van der Waals surface area contributed by atoms with Crippen molar-refractivity contribution in [2.75, 3.05) is 11.4 Å². The number of fused-ring (bicyclic) bond motifs is 1. The zero-order valence-corrected chi connectivity index (χ0v) is 16.3. The van der Waals surface area contributed by atoms with Gasteiger partial charge >= 0.3 is 6.61 Å². The number of benzene rings is 1. The van der Waals surface area contributed by atoms with Crippen LogP contribution in [0, 0.1) is 6.92 Å². The fourth-order valence-corrected chi connectivity index (χ4v) is 4.53. The van der Waals surface area contributed by atoms with Crippen LogP contribution in [0.25, 0.3) is 11.3 Å². The van der Waals surface area contributed by atoms with Gasteiger partial charge in [-0.3, -0.25) is 0 Å². The molecule has 0 spiro atoms. The molecule has 2 aliphatic rings. The quantitative estimate of drug-likeness (QED) is 0.805. The van der Waals surface area contributed by atoms with Gasteiger partial charge in [-0.2, -0.15) is 8.78 Å². The molecular weight excluding hydrogens is 380 g/mol. The van der Waals surface area contributed by atoms with Gasteiger partial charge in [-0.1, -0.05) is 12.8 Å². The van der Waals surface area contributed by atoms with Crippen molar-refractivity contribution in [3.8, 4) is 22.8 Å². The van der Waals surface area contributed by atoms with Gasteiger partial charge in [0, 0.05) is 23.7 Å². The maximum atomic E-state index is 12.4. The van der Waals surface area contributed by atoms with E-state index in [2.05, 4.69) is 19.8 Å². The lowest BCUT2D eigenvalue weighted by molar-refractivity contribution is -0.0499. The van der Waals surface area contributed by atoms with Crippen molar-refractivity contribution in [1.29, 1.82) is 0 Å². The molecule has 2 heterocycles. The van der Waals surface area contributed by atoms with Crippen LogP contribution < -0.4 is 9.64 Å². The van der Waals surface area contributed by atoms with Crippen molar-refractivity contribution in [1.82, 2.24) is 10.2 Å². The number of aromatic hydroxyl groups is 1. The van der Waals surface area contributed by atoms with Crippen molar-refractivity contribution in [3.63, 3.8) is 0 Å². The number of phenolic OH excluding ortho intramolecular Hbond substituents is 1. The molecule has 8 heteroatoms. The maximum absolute atomic E-state index is 12.4. The topological polar surface area (TPSA) is 78.7 Å². The van der Waals surface area contributed by atoms with E-state index in [9.17, 15) is 19.0 Å². The molecule has 2 atom stereocenters. The fourth-order valence-electron chi connectivity index (χ4n) is 4.53. The third kappa shape index (κ3) is 3.85. The highest BCUT2D eigenvalue weighted by molar-refractivity contribution is 5.73. The van der Waals surface area contributed by atoms with Crippen molar-refractivity contribution >= 4 is 5.82 Å². The summed E-state index contributed by atoms with van der Waals surface area (Å²) in [6, 6.07) is 4.11. The number of aromatic nitrogens is 2. The maximum Gasteiger partial charge on any atom is 0.387 e. The highest BCUT2D eigenvalue weighted by Crippen LogP contribution is 2.39.